The third kappa shape index (κ3) is 14.8. The van der Waals surface area contributed by atoms with Gasteiger partial charge in [0.15, 0.2) is 36.1 Å². The van der Waals surface area contributed by atoms with E-state index in [1.54, 1.807) is 0 Å². The fourth-order valence-corrected chi connectivity index (χ4v) is 8.84. The van der Waals surface area contributed by atoms with E-state index in [0.717, 1.165) is 100 Å². The van der Waals surface area contributed by atoms with Gasteiger partial charge in [0.05, 0.1) is 39.6 Å². The molecular formula is C60H78N4O8. The molecule has 0 atom stereocenters. The molecule has 0 amide bonds. The van der Waals surface area contributed by atoms with Crippen molar-refractivity contribution in [3.63, 3.8) is 0 Å². The number of Topliss-reactive ketones (excluding diaryl/α,β-unsaturated/α-hetero) is 2. The average molecular weight is 983 g/mol. The van der Waals surface area contributed by atoms with Gasteiger partial charge in [-0.15, -0.1) is 0 Å². The van der Waals surface area contributed by atoms with Crippen LogP contribution >= 0.6 is 0 Å². The number of anilines is 2. The summed E-state index contributed by atoms with van der Waals surface area (Å²) < 4.78 is 27.1. The van der Waals surface area contributed by atoms with E-state index in [-0.39, 0.29) is 45.4 Å². The third-order valence-electron chi connectivity index (χ3n) is 13.4. The molecule has 12 nitrogen and oxygen atoms in total. The van der Waals surface area contributed by atoms with E-state index in [2.05, 4.69) is 46.6 Å². The van der Waals surface area contributed by atoms with Crippen LogP contribution in [0, 0.1) is 0 Å². The van der Waals surface area contributed by atoms with Crippen molar-refractivity contribution < 1.29 is 47.9 Å². The summed E-state index contributed by atoms with van der Waals surface area (Å²) in [7, 11) is 3.96. The number of carbonyl (C=O) groups excluding carboxylic acids is 2. The Morgan fingerprint density at radius 3 is 0.986 bits per heavy atom. The molecule has 4 aliphatic rings. The van der Waals surface area contributed by atoms with E-state index in [1.807, 2.05) is 111 Å². The van der Waals surface area contributed by atoms with Crippen molar-refractivity contribution in [1.29, 1.82) is 0 Å². The molecule has 0 unspecified atom stereocenters. The topological polar surface area (TPSA) is 130 Å². The number of benzene rings is 2. The number of carbonyl (C=O) groups is 2. The zero-order chi connectivity index (χ0) is 51.2. The molecule has 0 N–H and O–H groups in total. The molecule has 0 aliphatic heterocycles. The van der Waals surface area contributed by atoms with Gasteiger partial charge in [-0.05, 0) is 96.5 Å². The summed E-state index contributed by atoms with van der Waals surface area (Å²) in [5.41, 5.74) is 7.87. The first kappa shape index (κ1) is 55.4. The van der Waals surface area contributed by atoms with Gasteiger partial charge in [-0.3, -0.25) is 9.59 Å². The highest BCUT2D eigenvalue weighted by Gasteiger charge is 2.32. The molecule has 6 rings (SSSR count). The molecule has 0 saturated carbocycles. The lowest BCUT2D eigenvalue weighted by atomic mass is 9.80. The van der Waals surface area contributed by atoms with Crippen LogP contribution in [-0.2, 0) is 28.5 Å². The number of allylic oxidation sites excluding steroid dienone is 14. The van der Waals surface area contributed by atoms with Crippen LogP contribution in [0.5, 0.6) is 0 Å². The Hall–Kier alpha value is -5.92. The molecule has 0 heterocycles. The number of unbranched alkanes of at least 4 members (excludes halogenated alkanes) is 4. The zero-order valence-corrected chi connectivity index (χ0v) is 43.8. The third-order valence-corrected chi connectivity index (χ3v) is 13.4. The highest BCUT2D eigenvalue weighted by atomic mass is 16.6. The molecule has 2 aromatic rings. The first-order chi connectivity index (χ1) is 35.1. The first-order valence-electron chi connectivity index (χ1n) is 26.4. The van der Waals surface area contributed by atoms with Gasteiger partial charge in [0, 0.05) is 84.2 Å². The Morgan fingerprint density at radius 1 is 0.417 bits per heavy atom. The van der Waals surface area contributed by atoms with E-state index < -0.39 is 0 Å². The van der Waals surface area contributed by atoms with Crippen LogP contribution in [0.15, 0.2) is 131 Å². The summed E-state index contributed by atoms with van der Waals surface area (Å²) in [4.78, 5) is 31.3. The SMILES string of the molecule is CCCCN(CCCC)c1ccc(C2=C([O-])C(=C3C=CC(=[N+](C)CCOCCOCCOCCOCC[N+](C)=C4C=CC(=C5C(=O)C(c6ccc(N(CCCC)CCCC)cc6)=C5[O-])C=C4)C=C3)C2=O)cc1. The molecule has 4 aliphatic carbocycles. The van der Waals surface area contributed by atoms with Crippen molar-refractivity contribution in [3.8, 4) is 0 Å². The van der Waals surface area contributed by atoms with Crippen LogP contribution in [0.1, 0.15) is 90.2 Å². The zero-order valence-electron chi connectivity index (χ0n) is 43.8. The monoisotopic (exact) mass is 983 g/mol. The van der Waals surface area contributed by atoms with Gasteiger partial charge in [-0.1, -0.05) is 89.2 Å². The van der Waals surface area contributed by atoms with Gasteiger partial charge in [0.1, 0.15) is 27.3 Å². The summed E-state index contributed by atoms with van der Waals surface area (Å²) in [6, 6.07) is 15.8. The van der Waals surface area contributed by atoms with Crippen LogP contribution in [-0.4, -0.2) is 138 Å². The van der Waals surface area contributed by atoms with Crippen molar-refractivity contribution in [1.82, 2.24) is 0 Å². The predicted molar refractivity (Wildman–Crippen MR) is 287 cm³/mol. The predicted octanol–water partition coefficient (Wildman–Crippen LogP) is 7.59. The minimum absolute atomic E-state index is 0.197. The van der Waals surface area contributed by atoms with Crippen LogP contribution in [0.4, 0.5) is 11.4 Å². The van der Waals surface area contributed by atoms with Gasteiger partial charge < -0.3 is 39.0 Å². The van der Waals surface area contributed by atoms with Gasteiger partial charge in [-0.25, -0.2) is 9.15 Å². The van der Waals surface area contributed by atoms with Gasteiger partial charge >= 0.3 is 0 Å². The van der Waals surface area contributed by atoms with Gasteiger partial charge in [0.2, 0.25) is 0 Å². The van der Waals surface area contributed by atoms with Crippen molar-refractivity contribution in [2.45, 2.75) is 79.1 Å². The minimum Gasteiger partial charge on any atom is -0.871 e. The van der Waals surface area contributed by atoms with Gasteiger partial charge in [-0.2, -0.15) is 0 Å². The highest BCUT2D eigenvalue weighted by molar-refractivity contribution is 6.40. The lowest BCUT2D eigenvalue weighted by Gasteiger charge is -2.32. The summed E-state index contributed by atoms with van der Waals surface area (Å²) in [6.45, 7) is 17.9. The Kier molecular flexibility index (Phi) is 22.3. The Morgan fingerprint density at radius 2 is 0.708 bits per heavy atom. The number of rotatable bonds is 31. The Balaban J connectivity index is 0.813. The van der Waals surface area contributed by atoms with Crippen LogP contribution in [0.3, 0.4) is 0 Å². The lowest BCUT2D eigenvalue weighted by Crippen LogP contribution is -2.30. The highest BCUT2D eigenvalue weighted by Crippen LogP contribution is 2.39. The molecular weight excluding hydrogens is 905 g/mol. The second kappa shape index (κ2) is 28.9. The van der Waals surface area contributed by atoms with E-state index in [0.29, 0.717) is 88.2 Å². The van der Waals surface area contributed by atoms with Crippen LogP contribution < -0.4 is 20.0 Å². The summed E-state index contributed by atoms with van der Waals surface area (Å²) >= 11 is 0. The second-order valence-corrected chi connectivity index (χ2v) is 18.7. The number of likely N-dealkylation sites (N-methyl/N-ethyl adjacent to an activating group) is 2. The molecule has 0 radical (unpaired) electrons. The van der Waals surface area contributed by atoms with E-state index >= 15 is 0 Å². The smallest absolute Gasteiger partial charge is 0.199 e. The molecule has 0 spiro atoms. The summed E-state index contributed by atoms with van der Waals surface area (Å²) in [6.07, 6.45) is 24.1. The van der Waals surface area contributed by atoms with Crippen molar-refractivity contribution in [2.24, 2.45) is 0 Å². The Bertz CT molecular complexity index is 2270. The largest absolute Gasteiger partial charge is 0.871 e. The summed E-state index contributed by atoms with van der Waals surface area (Å²) in [5.74, 6) is -0.787. The fourth-order valence-electron chi connectivity index (χ4n) is 8.84. The second-order valence-electron chi connectivity index (χ2n) is 18.7. The standard InChI is InChI=1S/C60H78N4O8/c1-7-11-31-63(32-12-8-2)51-27-19-47(20-28-51)55-57(65)53(58(55)66)45-15-23-49(24-16-45)61(5)35-37-69-39-41-71-43-44-72-42-40-70-38-36-62(6)50-25-17-46(18-26-50)54-59(67)56(60(54)68)48-21-29-52(30-22-48)64(33-13-9-3)34-14-10-4/h15-30H,7-14,31-44H2,1-6H3. The number of nitrogens with zero attached hydrogens (tertiary/aromatic N) is 4. The van der Waals surface area contributed by atoms with Crippen LogP contribution in [0.25, 0.3) is 11.1 Å². The van der Waals surface area contributed by atoms with Crippen LogP contribution in [0.2, 0.25) is 0 Å². The minimum atomic E-state index is -0.197. The van der Waals surface area contributed by atoms with Crippen molar-refractivity contribution in [3.05, 3.63) is 142 Å². The fraction of sp³-hybridized carbons (Fsp3) is 0.467. The van der Waals surface area contributed by atoms with E-state index in [1.165, 1.54) is 0 Å². The quantitative estimate of drug-likeness (QED) is 0.0424. The molecule has 0 saturated heterocycles. The number of hydrogen-bond acceptors (Lipinski definition) is 10. The Labute approximate surface area is 429 Å². The van der Waals surface area contributed by atoms with E-state index in [4.69, 9.17) is 18.9 Å². The van der Waals surface area contributed by atoms with Crippen molar-refractivity contribution in [2.75, 3.05) is 116 Å². The number of hydrogen-bond donors (Lipinski definition) is 0. The van der Waals surface area contributed by atoms with Gasteiger partial charge in [0.25, 0.3) is 0 Å². The lowest BCUT2D eigenvalue weighted by molar-refractivity contribution is -0.499. The molecule has 0 aromatic heterocycles. The van der Waals surface area contributed by atoms with E-state index in [9.17, 15) is 19.8 Å². The normalized spacial score (nSPS) is 15.4. The van der Waals surface area contributed by atoms with Crippen molar-refractivity contribution >= 4 is 45.5 Å². The molecule has 386 valence electrons. The maximum atomic E-state index is 13.2. The number of ether oxygens (including phenoxy) is 4. The molecule has 72 heavy (non-hydrogen) atoms. The molecule has 2 aromatic carbocycles. The average Bonchev–Trinajstić information content (AvgIpc) is 3.40. The molecule has 0 bridgehead atoms. The summed E-state index contributed by atoms with van der Waals surface area (Å²) in [5, 5.41) is 26.5. The molecule has 12 heteroatoms. The molecule has 0 fully saturated rings. The maximum absolute atomic E-state index is 13.2. The maximum Gasteiger partial charge on any atom is 0.199 e. The first-order valence-corrected chi connectivity index (χ1v) is 26.4. The number of ketones is 2.